The van der Waals surface area contributed by atoms with E-state index < -0.39 is 0 Å². The average Bonchev–Trinajstić information content (AvgIpc) is 3.36. The first kappa shape index (κ1) is 20.2. The Hall–Kier alpha value is -1.57. The predicted octanol–water partition coefficient (Wildman–Crippen LogP) is 2.82. The molecule has 2 heterocycles. The highest BCUT2D eigenvalue weighted by Gasteiger charge is 2.29. The number of carbonyl (C=O) groups excluding carboxylic acids is 2. The number of aromatic amines is 1. The van der Waals surface area contributed by atoms with Crippen LogP contribution in [-0.4, -0.2) is 57.4 Å². The number of esters is 1. The van der Waals surface area contributed by atoms with E-state index in [1.165, 1.54) is 43.9 Å². The number of amides is 1. The lowest BCUT2D eigenvalue weighted by Gasteiger charge is -2.31. The van der Waals surface area contributed by atoms with Gasteiger partial charge in [0.1, 0.15) is 5.82 Å². The third-order valence-electron chi connectivity index (χ3n) is 5.49. The zero-order valence-corrected chi connectivity index (χ0v) is 16.9. The Labute approximate surface area is 165 Å². The Morgan fingerprint density at radius 3 is 2.85 bits per heavy atom. The first-order chi connectivity index (χ1) is 13.2. The van der Waals surface area contributed by atoms with Gasteiger partial charge in [-0.05, 0) is 32.1 Å². The largest absolute Gasteiger partial charge is 0.466 e. The summed E-state index contributed by atoms with van der Waals surface area (Å²) in [5.74, 6) is 1.69. The van der Waals surface area contributed by atoms with Crippen LogP contribution in [0.2, 0.25) is 0 Å². The number of nitrogens with one attached hydrogen (secondary N) is 1. The molecule has 0 spiro atoms. The summed E-state index contributed by atoms with van der Waals surface area (Å²) >= 11 is 1.36. The smallest absolute Gasteiger partial charge is 0.310 e. The van der Waals surface area contributed by atoms with Gasteiger partial charge in [0, 0.05) is 19.5 Å². The number of carbonyl (C=O) groups is 2. The molecule has 2 fully saturated rings. The van der Waals surface area contributed by atoms with Gasteiger partial charge in [-0.3, -0.25) is 14.7 Å². The van der Waals surface area contributed by atoms with Crippen LogP contribution in [0.25, 0.3) is 0 Å². The molecule has 0 radical (unpaired) electrons. The molecule has 1 atom stereocenters. The molecule has 0 bridgehead atoms. The summed E-state index contributed by atoms with van der Waals surface area (Å²) < 4.78 is 5.09. The summed E-state index contributed by atoms with van der Waals surface area (Å²) in [5, 5.41) is 7.86. The van der Waals surface area contributed by atoms with Crippen molar-refractivity contribution in [3.05, 3.63) is 5.82 Å². The van der Waals surface area contributed by atoms with E-state index in [0.29, 0.717) is 30.6 Å². The van der Waals surface area contributed by atoms with Crippen LogP contribution in [0, 0.1) is 11.8 Å². The number of ether oxygens (including phenoxy) is 1. The molecule has 150 valence electrons. The summed E-state index contributed by atoms with van der Waals surface area (Å²) in [4.78, 5) is 30.7. The highest BCUT2D eigenvalue weighted by Crippen LogP contribution is 2.28. The van der Waals surface area contributed by atoms with Gasteiger partial charge < -0.3 is 9.64 Å². The molecule has 7 nitrogen and oxygen atoms in total. The van der Waals surface area contributed by atoms with Gasteiger partial charge >= 0.3 is 5.97 Å². The summed E-state index contributed by atoms with van der Waals surface area (Å²) in [6.07, 6.45) is 9.13. The molecule has 1 amide bonds. The van der Waals surface area contributed by atoms with Crippen LogP contribution in [-0.2, 0) is 20.7 Å². The van der Waals surface area contributed by atoms with Crippen molar-refractivity contribution in [2.45, 2.75) is 63.4 Å². The first-order valence-corrected chi connectivity index (χ1v) is 11.1. The van der Waals surface area contributed by atoms with Crippen LogP contribution in [0.4, 0.5) is 0 Å². The molecule has 1 aromatic heterocycles. The number of hydrogen-bond donors (Lipinski definition) is 1. The first-order valence-electron chi connectivity index (χ1n) is 10.1. The number of aryl methyl sites for hydroxylation is 1. The second kappa shape index (κ2) is 10.1. The fraction of sp³-hybridized carbons (Fsp3) is 0.789. The van der Waals surface area contributed by atoms with Crippen LogP contribution < -0.4 is 0 Å². The van der Waals surface area contributed by atoms with E-state index in [-0.39, 0.29) is 17.8 Å². The molecular formula is C19H30N4O3S. The van der Waals surface area contributed by atoms with Crippen LogP contribution >= 0.6 is 11.8 Å². The minimum absolute atomic E-state index is 0.0336. The fourth-order valence-electron chi connectivity index (χ4n) is 3.97. The lowest BCUT2D eigenvalue weighted by atomic mass is 9.98. The Bertz CT molecular complexity index is 630. The van der Waals surface area contributed by atoms with Gasteiger partial charge in [-0.15, -0.1) is 5.10 Å². The maximum atomic E-state index is 12.5. The van der Waals surface area contributed by atoms with Gasteiger partial charge in [-0.2, -0.15) is 0 Å². The lowest BCUT2D eigenvalue weighted by Crippen LogP contribution is -2.43. The van der Waals surface area contributed by atoms with Crippen molar-refractivity contribution >= 4 is 23.6 Å². The number of likely N-dealkylation sites (tertiary alicyclic amines) is 1. The van der Waals surface area contributed by atoms with Crippen LogP contribution in [0.5, 0.6) is 0 Å². The lowest BCUT2D eigenvalue weighted by molar-refractivity contribution is -0.151. The highest BCUT2D eigenvalue weighted by atomic mass is 32.2. The molecule has 1 aromatic rings. The van der Waals surface area contributed by atoms with Gasteiger partial charge in [-0.25, -0.2) is 4.98 Å². The van der Waals surface area contributed by atoms with Crippen molar-refractivity contribution in [2.24, 2.45) is 11.8 Å². The van der Waals surface area contributed by atoms with Gasteiger partial charge in [0.15, 0.2) is 0 Å². The third-order valence-corrected chi connectivity index (χ3v) is 6.33. The van der Waals surface area contributed by atoms with Gasteiger partial charge in [0.2, 0.25) is 11.1 Å². The average molecular weight is 395 g/mol. The number of hydrogen-bond acceptors (Lipinski definition) is 6. The molecule has 27 heavy (non-hydrogen) atoms. The number of thioether (sulfide) groups is 1. The molecule has 0 aromatic carbocycles. The SMILES string of the molecule is CCOC(=O)[C@H]1CCCN(C(=O)CSc2n[nH]c(CCC3CCCC3)n2)C1. The quantitative estimate of drug-likeness (QED) is 0.539. The Balaban J connectivity index is 1.41. The molecule has 1 N–H and O–H groups in total. The minimum Gasteiger partial charge on any atom is -0.466 e. The molecule has 3 rings (SSSR count). The van der Waals surface area contributed by atoms with Crippen molar-refractivity contribution in [3.8, 4) is 0 Å². The molecule has 2 aliphatic rings. The van der Waals surface area contributed by atoms with Crippen molar-refractivity contribution < 1.29 is 14.3 Å². The summed E-state index contributed by atoms with van der Waals surface area (Å²) in [6.45, 7) is 3.35. The molecular weight excluding hydrogens is 364 g/mol. The van der Waals surface area contributed by atoms with Gasteiger partial charge in [-0.1, -0.05) is 37.4 Å². The van der Waals surface area contributed by atoms with Crippen LogP contribution in [0.15, 0.2) is 5.16 Å². The van der Waals surface area contributed by atoms with Crippen molar-refractivity contribution in [1.29, 1.82) is 0 Å². The standard InChI is InChI=1S/C19H30N4O3S/c1-2-26-18(25)15-8-5-11-23(12-15)17(24)13-27-19-20-16(21-22-19)10-9-14-6-3-4-7-14/h14-15H,2-13H2,1H3,(H,20,21,22)/t15-/m0/s1. The van der Waals surface area contributed by atoms with Crippen molar-refractivity contribution in [3.63, 3.8) is 0 Å². The normalized spacial score (nSPS) is 20.8. The third kappa shape index (κ3) is 5.96. The maximum Gasteiger partial charge on any atom is 0.310 e. The summed E-state index contributed by atoms with van der Waals surface area (Å²) in [6, 6.07) is 0. The zero-order valence-electron chi connectivity index (χ0n) is 16.1. The minimum atomic E-state index is -0.196. The Kier molecular flexibility index (Phi) is 7.55. The summed E-state index contributed by atoms with van der Waals surface area (Å²) in [7, 11) is 0. The second-order valence-electron chi connectivity index (χ2n) is 7.47. The predicted molar refractivity (Wildman–Crippen MR) is 103 cm³/mol. The molecule has 1 saturated heterocycles. The zero-order chi connectivity index (χ0) is 19.1. The topological polar surface area (TPSA) is 88.2 Å². The van der Waals surface area contributed by atoms with Gasteiger partial charge in [0.25, 0.3) is 0 Å². The van der Waals surface area contributed by atoms with E-state index in [1.807, 2.05) is 0 Å². The Morgan fingerprint density at radius 2 is 2.07 bits per heavy atom. The van der Waals surface area contributed by atoms with Crippen molar-refractivity contribution in [2.75, 3.05) is 25.4 Å². The number of H-pyrrole nitrogens is 1. The van der Waals surface area contributed by atoms with Crippen LogP contribution in [0.3, 0.4) is 0 Å². The number of aromatic nitrogens is 3. The number of rotatable bonds is 8. The fourth-order valence-corrected chi connectivity index (χ4v) is 4.69. The molecule has 0 unspecified atom stereocenters. The highest BCUT2D eigenvalue weighted by molar-refractivity contribution is 7.99. The van der Waals surface area contributed by atoms with Gasteiger partial charge in [0.05, 0.1) is 18.3 Å². The molecule has 8 heteroatoms. The van der Waals surface area contributed by atoms with E-state index >= 15 is 0 Å². The van der Waals surface area contributed by atoms with E-state index in [9.17, 15) is 9.59 Å². The van der Waals surface area contributed by atoms with Crippen LogP contribution in [0.1, 0.15) is 57.7 Å². The molecule has 1 aliphatic heterocycles. The van der Waals surface area contributed by atoms with E-state index in [4.69, 9.17) is 4.74 Å². The molecule has 1 saturated carbocycles. The second-order valence-corrected chi connectivity index (χ2v) is 8.42. The monoisotopic (exact) mass is 394 g/mol. The van der Waals surface area contributed by atoms with E-state index in [1.54, 1.807) is 11.8 Å². The number of nitrogens with zero attached hydrogens (tertiary/aromatic N) is 3. The maximum absolute atomic E-state index is 12.5. The van der Waals surface area contributed by atoms with E-state index in [2.05, 4.69) is 15.2 Å². The summed E-state index contributed by atoms with van der Waals surface area (Å²) in [5.41, 5.74) is 0. The number of piperidine rings is 1. The van der Waals surface area contributed by atoms with Crippen molar-refractivity contribution in [1.82, 2.24) is 20.1 Å². The Morgan fingerprint density at radius 1 is 1.26 bits per heavy atom. The molecule has 1 aliphatic carbocycles. The van der Waals surface area contributed by atoms with E-state index in [0.717, 1.165) is 31.0 Å².